The molecule has 0 atom stereocenters. The van der Waals surface area contributed by atoms with Crippen molar-refractivity contribution in [3.63, 3.8) is 0 Å². The number of carbonyl (C=O) groups is 2. The van der Waals surface area contributed by atoms with Crippen molar-refractivity contribution in [1.29, 1.82) is 0 Å². The van der Waals surface area contributed by atoms with E-state index in [1.807, 2.05) is 62.4 Å². The summed E-state index contributed by atoms with van der Waals surface area (Å²) in [5, 5.41) is 2.71. The number of hydrogen-bond donors (Lipinski definition) is 1. The highest BCUT2D eigenvalue weighted by Gasteiger charge is 2.08. The second kappa shape index (κ2) is 8.72. The monoisotopic (exact) mass is 327 g/mol. The maximum absolute atomic E-state index is 11.8. The van der Waals surface area contributed by atoms with E-state index in [9.17, 15) is 9.59 Å². The molecule has 126 valence electrons. The molecule has 1 N–H and O–H groups in total. The van der Waals surface area contributed by atoms with Gasteiger partial charge in [-0.2, -0.15) is 0 Å². The molecule has 0 aliphatic carbocycles. The first-order chi connectivity index (χ1) is 11.5. The first kappa shape index (κ1) is 17.5. The zero-order chi connectivity index (χ0) is 17.4. The van der Waals surface area contributed by atoms with E-state index in [4.69, 9.17) is 9.47 Å². The molecule has 0 spiro atoms. The maximum Gasteiger partial charge on any atom is 0.309 e. The number of ether oxygens (including phenoxy) is 2. The second-order valence-electron chi connectivity index (χ2n) is 5.50. The highest BCUT2D eigenvalue weighted by Crippen LogP contribution is 2.13. The van der Waals surface area contributed by atoms with Crippen LogP contribution in [0.1, 0.15) is 17.5 Å². The van der Waals surface area contributed by atoms with Crippen molar-refractivity contribution >= 4 is 17.6 Å². The van der Waals surface area contributed by atoms with Crippen LogP contribution in [-0.2, 0) is 14.3 Å². The highest BCUT2D eigenvalue weighted by atomic mass is 16.5. The smallest absolute Gasteiger partial charge is 0.309 e. The summed E-state index contributed by atoms with van der Waals surface area (Å²) in [6.07, 6.45) is 0.0890. The number of anilines is 1. The molecule has 0 heterocycles. The van der Waals surface area contributed by atoms with Gasteiger partial charge in [-0.3, -0.25) is 9.59 Å². The van der Waals surface area contributed by atoms with Crippen LogP contribution in [0.3, 0.4) is 0 Å². The van der Waals surface area contributed by atoms with Crippen molar-refractivity contribution in [3.05, 3.63) is 59.7 Å². The summed E-state index contributed by atoms with van der Waals surface area (Å²) < 4.78 is 10.3. The summed E-state index contributed by atoms with van der Waals surface area (Å²) in [5.74, 6) is -0.142. The van der Waals surface area contributed by atoms with Crippen LogP contribution < -0.4 is 10.1 Å². The molecular formula is C19H21NO4. The van der Waals surface area contributed by atoms with Crippen molar-refractivity contribution in [1.82, 2.24) is 0 Å². The Morgan fingerprint density at radius 1 is 1.00 bits per heavy atom. The van der Waals surface area contributed by atoms with Crippen LogP contribution in [0.4, 0.5) is 5.69 Å². The summed E-state index contributed by atoms with van der Waals surface area (Å²) in [6, 6.07) is 14.9. The number of esters is 1. The molecule has 0 unspecified atom stereocenters. The summed E-state index contributed by atoms with van der Waals surface area (Å²) in [7, 11) is 0. The Hall–Kier alpha value is -2.82. The van der Waals surface area contributed by atoms with Crippen molar-refractivity contribution in [2.75, 3.05) is 18.5 Å². The van der Waals surface area contributed by atoms with Gasteiger partial charge in [-0.25, -0.2) is 0 Å². The van der Waals surface area contributed by atoms with Crippen LogP contribution in [0, 0.1) is 13.8 Å². The Bertz CT molecular complexity index is 678. The third kappa shape index (κ3) is 6.12. The first-order valence-corrected chi connectivity index (χ1v) is 7.74. The fourth-order valence-corrected chi connectivity index (χ4v) is 2.23. The number of benzene rings is 2. The Morgan fingerprint density at radius 2 is 1.67 bits per heavy atom. The number of para-hydroxylation sites is 1. The number of rotatable bonds is 7. The summed E-state index contributed by atoms with van der Waals surface area (Å²) in [4.78, 5) is 23.4. The lowest BCUT2D eigenvalue weighted by molar-refractivity contribution is -0.147. The maximum atomic E-state index is 11.8. The largest absolute Gasteiger partial charge is 0.493 e. The number of nitrogens with one attached hydrogen (secondary N) is 1. The molecule has 0 aromatic heterocycles. The SMILES string of the molecule is Cc1cc(C)cc(NC(=O)COC(=O)CCOc2ccccc2)c1. The molecule has 0 saturated heterocycles. The Balaban J connectivity index is 1.68. The van der Waals surface area contributed by atoms with Gasteiger partial charge in [-0.15, -0.1) is 0 Å². The molecule has 0 fully saturated rings. The zero-order valence-corrected chi connectivity index (χ0v) is 13.9. The van der Waals surface area contributed by atoms with E-state index in [2.05, 4.69) is 5.32 Å². The number of aryl methyl sites for hydroxylation is 2. The lowest BCUT2D eigenvalue weighted by atomic mass is 10.1. The van der Waals surface area contributed by atoms with Gasteiger partial charge in [0.15, 0.2) is 6.61 Å². The number of amides is 1. The third-order valence-corrected chi connectivity index (χ3v) is 3.19. The fourth-order valence-electron chi connectivity index (χ4n) is 2.23. The van der Waals surface area contributed by atoms with Crippen LogP contribution in [-0.4, -0.2) is 25.1 Å². The minimum Gasteiger partial charge on any atom is -0.493 e. The van der Waals surface area contributed by atoms with Gasteiger partial charge in [-0.05, 0) is 49.2 Å². The van der Waals surface area contributed by atoms with Gasteiger partial charge in [0.1, 0.15) is 5.75 Å². The zero-order valence-electron chi connectivity index (χ0n) is 13.9. The van der Waals surface area contributed by atoms with E-state index >= 15 is 0 Å². The van der Waals surface area contributed by atoms with E-state index in [0.29, 0.717) is 11.4 Å². The lowest BCUT2D eigenvalue weighted by Gasteiger charge is -2.09. The Labute approximate surface area is 141 Å². The van der Waals surface area contributed by atoms with Crippen molar-refractivity contribution in [3.8, 4) is 5.75 Å². The summed E-state index contributed by atoms with van der Waals surface area (Å²) in [5.41, 5.74) is 2.81. The van der Waals surface area contributed by atoms with Crippen LogP contribution in [0.5, 0.6) is 5.75 Å². The molecule has 2 aromatic carbocycles. The highest BCUT2D eigenvalue weighted by molar-refractivity contribution is 5.92. The molecule has 0 aliphatic heterocycles. The topological polar surface area (TPSA) is 64.6 Å². The van der Waals surface area contributed by atoms with E-state index < -0.39 is 5.97 Å². The molecule has 0 radical (unpaired) electrons. The third-order valence-electron chi connectivity index (χ3n) is 3.19. The van der Waals surface area contributed by atoms with Crippen LogP contribution in [0.2, 0.25) is 0 Å². The molecule has 0 aliphatic rings. The summed E-state index contributed by atoms with van der Waals surface area (Å²) in [6.45, 7) is 3.81. The predicted molar refractivity (Wildman–Crippen MR) is 92.1 cm³/mol. The standard InChI is InChI=1S/C19H21NO4/c1-14-10-15(2)12-16(11-14)20-18(21)13-24-19(22)8-9-23-17-6-4-3-5-7-17/h3-7,10-12H,8-9,13H2,1-2H3,(H,20,21). The van der Waals surface area contributed by atoms with Crippen molar-refractivity contribution in [2.45, 2.75) is 20.3 Å². The molecule has 24 heavy (non-hydrogen) atoms. The first-order valence-electron chi connectivity index (χ1n) is 7.74. The quantitative estimate of drug-likeness (QED) is 0.793. The Morgan fingerprint density at radius 3 is 2.33 bits per heavy atom. The van der Waals surface area contributed by atoms with Gasteiger partial charge >= 0.3 is 5.97 Å². The average molecular weight is 327 g/mol. The second-order valence-corrected chi connectivity index (χ2v) is 5.50. The Kier molecular flexibility index (Phi) is 6.37. The molecule has 2 aromatic rings. The van der Waals surface area contributed by atoms with Gasteiger partial charge in [0.05, 0.1) is 13.0 Å². The van der Waals surface area contributed by atoms with Gasteiger partial charge < -0.3 is 14.8 Å². The van der Waals surface area contributed by atoms with E-state index in [1.54, 1.807) is 0 Å². The van der Waals surface area contributed by atoms with E-state index in [1.165, 1.54) is 0 Å². The van der Waals surface area contributed by atoms with E-state index in [-0.39, 0.29) is 25.5 Å². The normalized spacial score (nSPS) is 10.1. The van der Waals surface area contributed by atoms with E-state index in [0.717, 1.165) is 11.1 Å². The minimum atomic E-state index is -0.471. The molecule has 5 heteroatoms. The summed E-state index contributed by atoms with van der Waals surface area (Å²) >= 11 is 0. The van der Waals surface area contributed by atoms with Crippen LogP contribution in [0.25, 0.3) is 0 Å². The van der Waals surface area contributed by atoms with Crippen molar-refractivity contribution < 1.29 is 19.1 Å². The van der Waals surface area contributed by atoms with Gasteiger partial charge in [0.2, 0.25) is 0 Å². The molecule has 2 rings (SSSR count). The predicted octanol–water partition coefficient (Wildman–Crippen LogP) is 3.25. The molecule has 1 amide bonds. The van der Waals surface area contributed by atoms with Gasteiger partial charge in [0.25, 0.3) is 5.91 Å². The average Bonchev–Trinajstić information content (AvgIpc) is 2.53. The number of hydrogen-bond acceptors (Lipinski definition) is 4. The van der Waals surface area contributed by atoms with Gasteiger partial charge in [0, 0.05) is 5.69 Å². The number of carbonyl (C=O) groups excluding carboxylic acids is 2. The lowest BCUT2D eigenvalue weighted by Crippen LogP contribution is -2.21. The van der Waals surface area contributed by atoms with Crippen molar-refractivity contribution in [2.24, 2.45) is 0 Å². The molecule has 5 nitrogen and oxygen atoms in total. The molecular weight excluding hydrogens is 306 g/mol. The fraction of sp³-hybridized carbons (Fsp3) is 0.263. The molecule has 0 bridgehead atoms. The van der Waals surface area contributed by atoms with Gasteiger partial charge in [-0.1, -0.05) is 24.3 Å². The minimum absolute atomic E-state index is 0.0890. The van der Waals surface area contributed by atoms with Crippen LogP contribution >= 0.6 is 0 Å². The molecule has 0 saturated carbocycles. The van der Waals surface area contributed by atoms with Crippen LogP contribution in [0.15, 0.2) is 48.5 Å².